The molecular formula is C22H16FNO2. The van der Waals surface area contributed by atoms with Crippen LogP contribution in [0.15, 0.2) is 72.8 Å². The summed E-state index contributed by atoms with van der Waals surface area (Å²) in [6, 6.07) is 22.1. The lowest BCUT2D eigenvalue weighted by Crippen LogP contribution is -2.10. The molecule has 0 aliphatic rings. The summed E-state index contributed by atoms with van der Waals surface area (Å²) in [4.78, 5) is 12.7. The summed E-state index contributed by atoms with van der Waals surface area (Å²) in [5.41, 5.74) is 2.89. The third-order valence-corrected chi connectivity index (χ3v) is 4.11. The maximum atomic E-state index is 13.1. The van der Waals surface area contributed by atoms with Crippen LogP contribution < -0.4 is 0 Å². The molecular weight excluding hydrogens is 329 g/mol. The summed E-state index contributed by atoms with van der Waals surface area (Å²) in [7, 11) is 0. The van der Waals surface area contributed by atoms with E-state index in [1.165, 1.54) is 12.1 Å². The summed E-state index contributed by atoms with van der Waals surface area (Å²) >= 11 is 0. The monoisotopic (exact) mass is 345 g/mol. The van der Waals surface area contributed by atoms with Crippen LogP contribution in [0, 0.1) is 17.1 Å². The third-order valence-electron chi connectivity index (χ3n) is 4.11. The molecule has 128 valence electrons. The van der Waals surface area contributed by atoms with Crippen LogP contribution in [0.3, 0.4) is 0 Å². The second-order valence-electron chi connectivity index (χ2n) is 5.80. The van der Waals surface area contributed by atoms with E-state index < -0.39 is 12.1 Å². The van der Waals surface area contributed by atoms with Crippen molar-refractivity contribution < 1.29 is 13.9 Å². The van der Waals surface area contributed by atoms with E-state index in [1.54, 1.807) is 55.5 Å². The van der Waals surface area contributed by atoms with Gasteiger partial charge in [-0.15, -0.1) is 0 Å². The van der Waals surface area contributed by atoms with Crippen LogP contribution in [0.4, 0.5) is 4.39 Å². The first kappa shape index (κ1) is 17.4. The van der Waals surface area contributed by atoms with Gasteiger partial charge in [-0.3, -0.25) is 0 Å². The van der Waals surface area contributed by atoms with Crippen LogP contribution in [0.25, 0.3) is 11.1 Å². The number of benzene rings is 3. The SMILES string of the molecule is C[C@@H](OC(=O)c1ccccc1-c1ccccc1C#N)c1ccc(F)cc1. The summed E-state index contributed by atoms with van der Waals surface area (Å²) < 4.78 is 18.6. The number of ether oxygens (including phenoxy) is 1. The van der Waals surface area contributed by atoms with Gasteiger partial charge in [0, 0.05) is 5.56 Å². The van der Waals surface area contributed by atoms with Gasteiger partial charge in [-0.1, -0.05) is 48.5 Å². The quantitative estimate of drug-likeness (QED) is 0.604. The van der Waals surface area contributed by atoms with Crippen LogP contribution in [0.1, 0.15) is 34.5 Å². The van der Waals surface area contributed by atoms with Gasteiger partial charge in [-0.2, -0.15) is 5.26 Å². The van der Waals surface area contributed by atoms with E-state index in [2.05, 4.69) is 6.07 Å². The first-order valence-corrected chi connectivity index (χ1v) is 8.15. The minimum atomic E-state index is -0.526. The molecule has 0 saturated carbocycles. The summed E-state index contributed by atoms with van der Waals surface area (Å²) in [5, 5.41) is 9.33. The highest BCUT2D eigenvalue weighted by Crippen LogP contribution is 2.28. The van der Waals surface area contributed by atoms with Gasteiger partial charge in [0.1, 0.15) is 11.9 Å². The van der Waals surface area contributed by atoms with E-state index in [0.29, 0.717) is 27.8 Å². The molecule has 3 aromatic rings. The minimum Gasteiger partial charge on any atom is -0.454 e. The Kier molecular flexibility index (Phi) is 5.09. The first-order valence-electron chi connectivity index (χ1n) is 8.15. The molecule has 0 unspecified atom stereocenters. The van der Waals surface area contributed by atoms with E-state index in [-0.39, 0.29) is 5.82 Å². The molecule has 0 N–H and O–H groups in total. The summed E-state index contributed by atoms with van der Waals surface area (Å²) in [6.07, 6.45) is -0.526. The Balaban J connectivity index is 1.91. The Labute approximate surface area is 151 Å². The molecule has 1 atom stereocenters. The standard InChI is InChI=1S/C22H16FNO2/c1-15(16-10-12-18(23)13-11-16)26-22(25)21-9-5-4-8-20(21)19-7-3-2-6-17(19)14-24/h2-13,15H,1H3/t15-/m1/s1. The number of esters is 1. The largest absolute Gasteiger partial charge is 0.454 e. The van der Waals surface area contributed by atoms with E-state index >= 15 is 0 Å². The van der Waals surface area contributed by atoms with Gasteiger partial charge >= 0.3 is 5.97 Å². The predicted octanol–water partition coefficient (Wildman–Crippen LogP) is 5.28. The van der Waals surface area contributed by atoms with Crippen molar-refractivity contribution in [2.24, 2.45) is 0 Å². The van der Waals surface area contributed by atoms with Crippen molar-refractivity contribution in [2.45, 2.75) is 13.0 Å². The number of hydrogen-bond donors (Lipinski definition) is 0. The van der Waals surface area contributed by atoms with E-state index in [9.17, 15) is 14.4 Å². The van der Waals surface area contributed by atoms with Crippen LogP contribution in [0.5, 0.6) is 0 Å². The topological polar surface area (TPSA) is 50.1 Å². The highest BCUT2D eigenvalue weighted by molar-refractivity contribution is 5.98. The van der Waals surface area contributed by atoms with Crippen LogP contribution in [0.2, 0.25) is 0 Å². The lowest BCUT2D eigenvalue weighted by atomic mass is 9.96. The first-order chi connectivity index (χ1) is 12.6. The van der Waals surface area contributed by atoms with Gasteiger partial charge in [0.2, 0.25) is 0 Å². The van der Waals surface area contributed by atoms with Gasteiger partial charge in [0.05, 0.1) is 17.2 Å². The maximum Gasteiger partial charge on any atom is 0.339 e. The summed E-state index contributed by atoms with van der Waals surface area (Å²) in [6.45, 7) is 1.73. The number of hydrogen-bond acceptors (Lipinski definition) is 3. The fraction of sp³-hybridized carbons (Fsp3) is 0.0909. The Hall–Kier alpha value is -3.45. The Morgan fingerprint density at radius 3 is 2.27 bits per heavy atom. The van der Waals surface area contributed by atoms with E-state index in [4.69, 9.17) is 4.74 Å². The van der Waals surface area contributed by atoms with Crippen molar-refractivity contribution in [3.05, 3.63) is 95.3 Å². The lowest BCUT2D eigenvalue weighted by molar-refractivity contribution is 0.0339. The number of halogens is 1. The Bertz CT molecular complexity index is 974. The zero-order valence-corrected chi connectivity index (χ0v) is 14.1. The molecule has 0 heterocycles. The molecule has 0 aliphatic heterocycles. The molecule has 3 aromatic carbocycles. The highest BCUT2D eigenvalue weighted by Gasteiger charge is 2.19. The fourth-order valence-electron chi connectivity index (χ4n) is 2.74. The molecule has 0 amide bonds. The Morgan fingerprint density at radius 2 is 1.58 bits per heavy atom. The number of nitrogens with zero attached hydrogens (tertiary/aromatic N) is 1. The van der Waals surface area contributed by atoms with Crippen molar-refractivity contribution >= 4 is 5.97 Å². The van der Waals surface area contributed by atoms with Crippen molar-refractivity contribution in [2.75, 3.05) is 0 Å². The smallest absolute Gasteiger partial charge is 0.339 e. The normalized spacial score (nSPS) is 11.4. The molecule has 4 heteroatoms. The molecule has 3 nitrogen and oxygen atoms in total. The van der Waals surface area contributed by atoms with Crippen molar-refractivity contribution in [3.63, 3.8) is 0 Å². The number of carbonyl (C=O) groups excluding carboxylic acids is 1. The second-order valence-corrected chi connectivity index (χ2v) is 5.80. The highest BCUT2D eigenvalue weighted by atomic mass is 19.1. The van der Waals surface area contributed by atoms with Crippen LogP contribution in [-0.4, -0.2) is 5.97 Å². The molecule has 0 saturated heterocycles. The molecule has 0 spiro atoms. The maximum absolute atomic E-state index is 13.1. The third kappa shape index (κ3) is 3.62. The minimum absolute atomic E-state index is 0.342. The van der Waals surface area contributed by atoms with Crippen molar-refractivity contribution in [1.82, 2.24) is 0 Å². The zero-order chi connectivity index (χ0) is 18.5. The summed E-state index contributed by atoms with van der Waals surface area (Å²) in [5.74, 6) is -0.837. The number of nitriles is 1. The van der Waals surface area contributed by atoms with Gasteiger partial charge < -0.3 is 4.74 Å². The fourth-order valence-corrected chi connectivity index (χ4v) is 2.74. The van der Waals surface area contributed by atoms with E-state index in [1.807, 2.05) is 12.1 Å². The molecule has 26 heavy (non-hydrogen) atoms. The van der Waals surface area contributed by atoms with Gasteiger partial charge in [0.25, 0.3) is 0 Å². The average molecular weight is 345 g/mol. The second kappa shape index (κ2) is 7.62. The van der Waals surface area contributed by atoms with Crippen molar-refractivity contribution in [3.8, 4) is 17.2 Å². The predicted molar refractivity (Wildman–Crippen MR) is 96.8 cm³/mol. The van der Waals surface area contributed by atoms with Crippen LogP contribution >= 0.6 is 0 Å². The molecule has 0 aromatic heterocycles. The molecule has 0 bridgehead atoms. The molecule has 0 aliphatic carbocycles. The van der Waals surface area contributed by atoms with Gasteiger partial charge in [0.15, 0.2) is 0 Å². The van der Waals surface area contributed by atoms with Crippen molar-refractivity contribution in [1.29, 1.82) is 5.26 Å². The number of rotatable bonds is 4. The number of carbonyl (C=O) groups is 1. The lowest BCUT2D eigenvalue weighted by Gasteiger charge is -2.16. The zero-order valence-electron chi connectivity index (χ0n) is 14.1. The van der Waals surface area contributed by atoms with E-state index in [0.717, 1.165) is 0 Å². The van der Waals surface area contributed by atoms with Gasteiger partial charge in [-0.05, 0) is 42.3 Å². The van der Waals surface area contributed by atoms with Crippen LogP contribution in [-0.2, 0) is 4.74 Å². The Morgan fingerprint density at radius 1 is 0.962 bits per heavy atom. The van der Waals surface area contributed by atoms with Gasteiger partial charge in [-0.25, -0.2) is 9.18 Å². The molecule has 0 fully saturated rings. The molecule has 0 radical (unpaired) electrons. The average Bonchev–Trinajstić information content (AvgIpc) is 2.68. The molecule has 3 rings (SSSR count).